The third-order valence-electron chi connectivity index (χ3n) is 4.54. The van der Waals surface area contributed by atoms with Crippen molar-refractivity contribution in [1.29, 1.82) is 0 Å². The smallest absolute Gasteiger partial charge is 0.293 e. The molecule has 0 N–H and O–H groups in total. The van der Waals surface area contributed by atoms with Crippen LogP contribution in [0.3, 0.4) is 0 Å². The number of nitrogens with zero attached hydrogens (tertiary/aromatic N) is 3. The number of sulfone groups is 1. The summed E-state index contributed by atoms with van der Waals surface area (Å²) in [7, 11) is -1.99. The Hall–Kier alpha value is -2.22. The van der Waals surface area contributed by atoms with E-state index in [1.165, 1.54) is 22.8 Å². The number of aryl methyl sites for hydroxylation is 1. The van der Waals surface area contributed by atoms with Crippen LogP contribution in [-0.2, 0) is 16.9 Å². The van der Waals surface area contributed by atoms with Gasteiger partial charge in [0.2, 0.25) is 0 Å². The Bertz CT molecular complexity index is 919. The highest BCUT2D eigenvalue weighted by Crippen LogP contribution is 2.25. The lowest BCUT2D eigenvalue weighted by Crippen LogP contribution is -2.40. The van der Waals surface area contributed by atoms with E-state index in [0.717, 1.165) is 6.07 Å². The van der Waals surface area contributed by atoms with Gasteiger partial charge in [0.05, 0.1) is 5.75 Å². The lowest BCUT2D eigenvalue weighted by molar-refractivity contribution is 0.432. The lowest BCUT2D eigenvalue weighted by atomic mass is 9.99. The van der Waals surface area contributed by atoms with E-state index in [1.54, 1.807) is 19.4 Å². The number of rotatable bonds is 4. The molecule has 0 saturated carbocycles. The molecular weight excluding hydrogens is 345 g/mol. The molecule has 0 amide bonds. The summed E-state index contributed by atoms with van der Waals surface area (Å²) in [6.45, 7) is 1.12. The van der Waals surface area contributed by atoms with Gasteiger partial charge in [0.15, 0.2) is 15.7 Å². The van der Waals surface area contributed by atoms with Gasteiger partial charge in [-0.3, -0.25) is 4.79 Å². The number of anilines is 1. The highest BCUT2D eigenvalue weighted by Gasteiger charge is 2.28. The molecule has 6 nitrogen and oxygen atoms in total. The van der Waals surface area contributed by atoms with Crippen LogP contribution in [-0.4, -0.2) is 36.8 Å². The Morgan fingerprint density at radius 3 is 2.60 bits per heavy atom. The summed E-state index contributed by atoms with van der Waals surface area (Å²) in [6, 6.07) is 5.46. The third kappa shape index (κ3) is 3.73. The van der Waals surface area contributed by atoms with Gasteiger partial charge in [0.1, 0.15) is 10.7 Å². The average Bonchev–Trinajstić information content (AvgIpc) is 2.58. The van der Waals surface area contributed by atoms with Crippen LogP contribution in [0.25, 0.3) is 0 Å². The third-order valence-corrected chi connectivity index (χ3v) is 6.45. The molecule has 0 aliphatic carbocycles. The summed E-state index contributed by atoms with van der Waals surface area (Å²) >= 11 is 0. The zero-order valence-electron chi connectivity index (χ0n) is 13.9. The van der Waals surface area contributed by atoms with Crippen molar-refractivity contribution in [3.05, 3.63) is 52.8 Å². The maximum absolute atomic E-state index is 13.8. The molecule has 1 aliphatic heterocycles. The molecule has 0 unspecified atom stereocenters. The van der Waals surface area contributed by atoms with Gasteiger partial charge >= 0.3 is 0 Å². The molecule has 25 heavy (non-hydrogen) atoms. The number of hydrogen-bond donors (Lipinski definition) is 0. The molecule has 8 heteroatoms. The van der Waals surface area contributed by atoms with E-state index in [2.05, 4.69) is 4.98 Å². The van der Waals surface area contributed by atoms with Crippen LogP contribution in [0.2, 0.25) is 0 Å². The van der Waals surface area contributed by atoms with Crippen LogP contribution in [0.4, 0.5) is 10.2 Å². The van der Waals surface area contributed by atoms with Gasteiger partial charge in [0, 0.05) is 32.5 Å². The van der Waals surface area contributed by atoms with E-state index in [0.29, 0.717) is 31.7 Å². The number of benzene rings is 1. The van der Waals surface area contributed by atoms with Gasteiger partial charge in [-0.15, -0.1) is 0 Å². The maximum Gasteiger partial charge on any atom is 0.293 e. The predicted octanol–water partition coefficient (Wildman–Crippen LogP) is 1.61. The molecule has 1 fully saturated rings. The van der Waals surface area contributed by atoms with Gasteiger partial charge in [-0.05, 0) is 30.9 Å². The molecule has 0 atom stereocenters. The Labute approximate surface area is 145 Å². The first kappa shape index (κ1) is 17.6. The van der Waals surface area contributed by atoms with Gasteiger partial charge in [-0.2, -0.15) is 0 Å². The van der Waals surface area contributed by atoms with Crippen molar-refractivity contribution in [1.82, 2.24) is 9.55 Å². The fourth-order valence-electron chi connectivity index (χ4n) is 3.11. The molecule has 0 bridgehead atoms. The normalized spacial score (nSPS) is 16.2. The minimum Gasteiger partial charge on any atom is -0.352 e. The summed E-state index contributed by atoms with van der Waals surface area (Å²) in [4.78, 5) is 17.9. The molecule has 2 aromatic rings. The molecule has 134 valence electrons. The summed E-state index contributed by atoms with van der Waals surface area (Å²) < 4.78 is 40.1. The molecule has 1 aliphatic rings. The SMILES string of the molecule is Cn1ccnc(N2CCC(CS(=O)(=O)c3ccccc3F)CC2)c1=O. The first-order valence-electron chi connectivity index (χ1n) is 8.12. The van der Waals surface area contributed by atoms with Crippen LogP contribution < -0.4 is 10.5 Å². The van der Waals surface area contributed by atoms with Gasteiger partial charge in [-0.1, -0.05) is 12.1 Å². The predicted molar refractivity (Wildman–Crippen MR) is 92.9 cm³/mol. The minimum absolute atomic E-state index is 0.0616. The number of aromatic nitrogens is 2. The average molecular weight is 365 g/mol. The zero-order chi connectivity index (χ0) is 18.0. The standard InChI is InChI=1S/C17H20FN3O3S/c1-20-11-8-19-16(17(20)22)21-9-6-13(7-10-21)12-25(23,24)15-5-3-2-4-14(15)18/h2-5,8,11,13H,6-7,9-10,12H2,1H3. The molecule has 1 aromatic carbocycles. The van der Waals surface area contributed by atoms with E-state index in [-0.39, 0.29) is 22.1 Å². The molecule has 1 saturated heterocycles. The number of halogens is 1. The van der Waals surface area contributed by atoms with Crippen molar-refractivity contribution in [2.45, 2.75) is 17.7 Å². The molecule has 3 rings (SSSR count). The van der Waals surface area contributed by atoms with E-state index in [4.69, 9.17) is 0 Å². The maximum atomic E-state index is 13.8. The van der Waals surface area contributed by atoms with Crippen molar-refractivity contribution < 1.29 is 12.8 Å². The first-order chi connectivity index (χ1) is 11.9. The molecule has 0 radical (unpaired) electrons. The van der Waals surface area contributed by atoms with Crippen LogP contribution >= 0.6 is 0 Å². The second kappa shape index (κ2) is 6.95. The van der Waals surface area contributed by atoms with Crippen LogP contribution in [0.5, 0.6) is 0 Å². The Balaban J connectivity index is 1.68. The Morgan fingerprint density at radius 1 is 1.24 bits per heavy atom. The molecule has 2 heterocycles. The van der Waals surface area contributed by atoms with E-state index < -0.39 is 15.7 Å². The van der Waals surface area contributed by atoms with Crippen molar-refractivity contribution >= 4 is 15.7 Å². The number of hydrogen-bond acceptors (Lipinski definition) is 5. The fraction of sp³-hybridized carbons (Fsp3) is 0.412. The van der Waals surface area contributed by atoms with Crippen LogP contribution in [0.15, 0.2) is 46.3 Å². The second-order valence-corrected chi connectivity index (χ2v) is 8.31. The summed E-state index contributed by atoms with van der Waals surface area (Å²) in [5.74, 6) is -0.465. The monoisotopic (exact) mass is 365 g/mol. The van der Waals surface area contributed by atoms with E-state index in [9.17, 15) is 17.6 Å². The highest BCUT2D eigenvalue weighted by molar-refractivity contribution is 7.91. The van der Waals surface area contributed by atoms with Crippen molar-refractivity contribution in [2.75, 3.05) is 23.7 Å². The Kier molecular flexibility index (Phi) is 4.89. The summed E-state index contributed by atoms with van der Waals surface area (Å²) in [5, 5.41) is 0. The minimum atomic E-state index is -3.66. The number of piperidine rings is 1. The van der Waals surface area contributed by atoms with Crippen molar-refractivity contribution in [2.24, 2.45) is 13.0 Å². The summed E-state index contributed by atoms with van der Waals surface area (Å²) in [5.41, 5.74) is -0.167. The zero-order valence-corrected chi connectivity index (χ0v) is 14.7. The van der Waals surface area contributed by atoms with Gasteiger partial charge in [0.25, 0.3) is 5.56 Å². The highest BCUT2D eigenvalue weighted by atomic mass is 32.2. The topological polar surface area (TPSA) is 72.3 Å². The second-order valence-electron chi connectivity index (χ2n) is 6.31. The fourth-order valence-corrected chi connectivity index (χ4v) is 4.89. The molecule has 1 aromatic heterocycles. The van der Waals surface area contributed by atoms with Crippen molar-refractivity contribution in [3.63, 3.8) is 0 Å². The Morgan fingerprint density at radius 2 is 1.92 bits per heavy atom. The van der Waals surface area contributed by atoms with Crippen LogP contribution in [0, 0.1) is 11.7 Å². The lowest BCUT2D eigenvalue weighted by Gasteiger charge is -2.32. The van der Waals surface area contributed by atoms with Crippen molar-refractivity contribution in [3.8, 4) is 0 Å². The largest absolute Gasteiger partial charge is 0.352 e. The van der Waals surface area contributed by atoms with Gasteiger partial charge < -0.3 is 9.47 Å². The van der Waals surface area contributed by atoms with Gasteiger partial charge in [-0.25, -0.2) is 17.8 Å². The van der Waals surface area contributed by atoms with E-state index in [1.807, 2.05) is 4.90 Å². The molecule has 0 spiro atoms. The first-order valence-corrected chi connectivity index (χ1v) is 9.77. The quantitative estimate of drug-likeness (QED) is 0.823. The van der Waals surface area contributed by atoms with E-state index >= 15 is 0 Å². The van der Waals surface area contributed by atoms with Crippen LogP contribution in [0.1, 0.15) is 12.8 Å². The molecular formula is C17H20FN3O3S. The summed E-state index contributed by atoms with van der Waals surface area (Å²) in [6.07, 6.45) is 4.41.